The smallest absolute Gasteiger partial charge is 0.196 e. The zero-order valence-corrected chi connectivity index (χ0v) is 11.7. The van der Waals surface area contributed by atoms with Crippen molar-refractivity contribution < 1.29 is 9.47 Å². The number of fused-ring (bicyclic) bond motifs is 2. The molecule has 1 aliphatic rings. The van der Waals surface area contributed by atoms with Gasteiger partial charge in [-0.3, -0.25) is 4.40 Å². The number of imidazole rings is 1. The van der Waals surface area contributed by atoms with Crippen molar-refractivity contribution in [3.05, 3.63) is 29.3 Å². The quantitative estimate of drug-likeness (QED) is 0.747. The van der Waals surface area contributed by atoms with E-state index in [1.807, 2.05) is 34.9 Å². The third-order valence-electron chi connectivity index (χ3n) is 3.39. The average Bonchev–Trinajstić information content (AvgIpc) is 3.00. The van der Waals surface area contributed by atoms with Crippen LogP contribution in [-0.4, -0.2) is 22.6 Å². The second-order valence-corrected chi connectivity index (χ2v) is 5.54. The topological polar surface area (TPSA) is 61.8 Å². The number of hydrogen-bond donors (Lipinski definition) is 1. The van der Waals surface area contributed by atoms with Crippen molar-refractivity contribution in [2.75, 3.05) is 18.9 Å². The van der Waals surface area contributed by atoms with Crippen LogP contribution in [0.2, 0.25) is 0 Å². The Bertz CT molecular complexity index is 806. The van der Waals surface area contributed by atoms with Crippen molar-refractivity contribution in [2.45, 2.75) is 6.92 Å². The lowest BCUT2D eigenvalue weighted by molar-refractivity contribution is 0.171. The lowest BCUT2D eigenvalue weighted by atomic mass is 10.1. The maximum atomic E-state index is 6.23. The van der Waals surface area contributed by atoms with Crippen molar-refractivity contribution in [1.29, 1.82) is 0 Å². The molecule has 0 aliphatic carbocycles. The molecule has 102 valence electrons. The first kappa shape index (κ1) is 11.6. The molecule has 1 aromatic carbocycles. The fourth-order valence-corrected chi connectivity index (χ4v) is 3.30. The van der Waals surface area contributed by atoms with Crippen LogP contribution in [-0.2, 0) is 0 Å². The minimum absolute atomic E-state index is 0.573. The van der Waals surface area contributed by atoms with Gasteiger partial charge in [-0.2, -0.15) is 0 Å². The Morgan fingerprint density at radius 3 is 2.85 bits per heavy atom. The first-order valence-electron chi connectivity index (χ1n) is 6.36. The molecule has 20 heavy (non-hydrogen) atoms. The van der Waals surface area contributed by atoms with E-state index in [9.17, 15) is 0 Å². The molecular weight excluding hydrogens is 274 g/mol. The molecule has 0 radical (unpaired) electrons. The molecule has 0 saturated carbocycles. The van der Waals surface area contributed by atoms with Crippen LogP contribution in [0.3, 0.4) is 0 Å². The molecule has 3 heterocycles. The molecule has 6 heteroatoms. The van der Waals surface area contributed by atoms with Crippen LogP contribution in [0.4, 0.5) is 5.82 Å². The Kier molecular flexibility index (Phi) is 2.40. The summed E-state index contributed by atoms with van der Waals surface area (Å²) in [6.45, 7) is 3.19. The number of thiazole rings is 1. The lowest BCUT2D eigenvalue weighted by Gasteiger charge is -2.18. The number of rotatable bonds is 1. The molecular formula is C14H13N3O2S. The molecule has 3 aromatic rings. The van der Waals surface area contributed by atoms with E-state index in [2.05, 4.69) is 4.98 Å². The van der Waals surface area contributed by atoms with Crippen molar-refractivity contribution in [3.8, 4) is 22.8 Å². The van der Waals surface area contributed by atoms with Crippen LogP contribution >= 0.6 is 11.3 Å². The molecule has 4 rings (SSSR count). The van der Waals surface area contributed by atoms with Gasteiger partial charge in [-0.05, 0) is 25.1 Å². The summed E-state index contributed by atoms with van der Waals surface area (Å²) in [5.41, 5.74) is 9.06. The van der Waals surface area contributed by atoms with Gasteiger partial charge < -0.3 is 15.2 Å². The standard InChI is InChI=1S/C14H13N3O2S/c1-8-7-20-14-16-12(13(15)17(8)14)9-2-3-10-11(6-9)19-5-4-18-10/h2-3,6-7H,4-5,15H2,1H3. The Morgan fingerprint density at radius 2 is 2.05 bits per heavy atom. The van der Waals surface area contributed by atoms with Gasteiger partial charge in [0.2, 0.25) is 0 Å². The molecule has 2 aromatic heterocycles. The van der Waals surface area contributed by atoms with E-state index in [4.69, 9.17) is 15.2 Å². The summed E-state index contributed by atoms with van der Waals surface area (Å²) in [4.78, 5) is 5.52. The van der Waals surface area contributed by atoms with Crippen molar-refractivity contribution in [3.63, 3.8) is 0 Å². The number of aryl methyl sites for hydroxylation is 1. The van der Waals surface area contributed by atoms with Crippen LogP contribution in [0.25, 0.3) is 16.2 Å². The van der Waals surface area contributed by atoms with Gasteiger partial charge >= 0.3 is 0 Å². The Balaban J connectivity index is 1.88. The Hall–Kier alpha value is -2.21. The first-order valence-corrected chi connectivity index (χ1v) is 7.24. The lowest BCUT2D eigenvalue weighted by Crippen LogP contribution is -2.15. The SMILES string of the molecule is Cc1csc2nc(-c3ccc4c(c3)OCCO4)c(N)n12. The predicted molar refractivity (Wildman–Crippen MR) is 78.6 cm³/mol. The van der Waals surface area contributed by atoms with E-state index in [1.54, 1.807) is 11.3 Å². The normalized spacial score (nSPS) is 13.8. The van der Waals surface area contributed by atoms with Crippen LogP contribution < -0.4 is 15.2 Å². The van der Waals surface area contributed by atoms with Crippen molar-refractivity contribution in [1.82, 2.24) is 9.38 Å². The summed E-state index contributed by atoms with van der Waals surface area (Å²) in [5, 5.41) is 2.05. The van der Waals surface area contributed by atoms with Crippen LogP contribution in [0.1, 0.15) is 5.69 Å². The second kappa shape index (κ2) is 4.14. The van der Waals surface area contributed by atoms with Crippen molar-refractivity contribution in [2.24, 2.45) is 0 Å². The van der Waals surface area contributed by atoms with Crippen LogP contribution in [0.5, 0.6) is 11.5 Å². The Labute approximate surface area is 119 Å². The molecule has 1 aliphatic heterocycles. The molecule has 0 amide bonds. The molecule has 0 spiro atoms. The molecule has 0 bridgehead atoms. The Morgan fingerprint density at radius 1 is 1.25 bits per heavy atom. The molecule has 5 nitrogen and oxygen atoms in total. The van der Waals surface area contributed by atoms with Gasteiger partial charge in [0, 0.05) is 16.6 Å². The molecule has 2 N–H and O–H groups in total. The molecule has 0 atom stereocenters. The highest BCUT2D eigenvalue weighted by atomic mass is 32.1. The number of aromatic nitrogens is 2. The fourth-order valence-electron chi connectivity index (χ4n) is 2.43. The van der Waals surface area contributed by atoms with E-state index in [-0.39, 0.29) is 0 Å². The highest BCUT2D eigenvalue weighted by molar-refractivity contribution is 7.15. The van der Waals surface area contributed by atoms with E-state index < -0.39 is 0 Å². The van der Waals surface area contributed by atoms with E-state index in [1.165, 1.54) is 0 Å². The van der Waals surface area contributed by atoms with Gasteiger partial charge in [0.15, 0.2) is 16.5 Å². The van der Waals surface area contributed by atoms with E-state index >= 15 is 0 Å². The van der Waals surface area contributed by atoms with Gasteiger partial charge in [0.05, 0.1) is 0 Å². The third kappa shape index (κ3) is 1.58. The largest absolute Gasteiger partial charge is 0.486 e. The van der Waals surface area contributed by atoms with Crippen molar-refractivity contribution >= 4 is 22.1 Å². The number of benzene rings is 1. The van der Waals surface area contributed by atoms with E-state index in [0.717, 1.165) is 33.4 Å². The molecule has 0 fully saturated rings. The minimum atomic E-state index is 0.573. The summed E-state index contributed by atoms with van der Waals surface area (Å²) in [5.74, 6) is 2.19. The number of nitrogens with zero attached hydrogens (tertiary/aromatic N) is 2. The highest BCUT2D eigenvalue weighted by Gasteiger charge is 2.17. The number of nitrogens with two attached hydrogens (primary N) is 1. The third-order valence-corrected chi connectivity index (χ3v) is 4.33. The molecule has 0 unspecified atom stereocenters. The summed E-state index contributed by atoms with van der Waals surface area (Å²) in [7, 11) is 0. The predicted octanol–water partition coefficient (Wildman–Crippen LogP) is 2.72. The maximum absolute atomic E-state index is 6.23. The van der Waals surface area contributed by atoms with E-state index in [0.29, 0.717) is 19.0 Å². The molecule has 0 saturated heterocycles. The van der Waals surface area contributed by atoms with Gasteiger partial charge in [-0.1, -0.05) is 0 Å². The summed E-state index contributed by atoms with van der Waals surface area (Å²) in [6, 6.07) is 5.81. The second-order valence-electron chi connectivity index (χ2n) is 4.70. The first-order chi connectivity index (χ1) is 9.74. The zero-order chi connectivity index (χ0) is 13.7. The highest BCUT2D eigenvalue weighted by Crippen LogP contribution is 2.37. The summed E-state index contributed by atoms with van der Waals surface area (Å²) < 4.78 is 13.1. The summed E-state index contributed by atoms with van der Waals surface area (Å²) in [6.07, 6.45) is 0. The fraction of sp³-hybridized carbons (Fsp3) is 0.214. The van der Waals surface area contributed by atoms with Gasteiger partial charge in [0.1, 0.15) is 24.7 Å². The number of hydrogen-bond acceptors (Lipinski definition) is 5. The zero-order valence-electron chi connectivity index (χ0n) is 10.9. The number of anilines is 1. The number of ether oxygens (including phenoxy) is 2. The van der Waals surface area contributed by atoms with Gasteiger partial charge in [-0.25, -0.2) is 4.98 Å². The van der Waals surface area contributed by atoms with Crippen LogP contribution in [0.15, 0.2) is 23.6 Å². The average molecular weight is 287 g/mol. The number of nitrogen functional groups attached to an aromatic ring is 1. The monoisotopic (exact) mass is 287 g/mol. The van der Waals surface area contributed by atoms with Crippen LogP contribution in [0, 0.1) is 6.92 Å². The maximum Gasteiger partial charge on any atom is 0.196 e. The minimum Gasteiger partial charge on any atom is -0.486 e. The summed E-state index contributed by atoms with van der Waals surface area (Å²) >= 11 is 1.59. The van der Waals surface area contributed by atoms with Gasteiger partial charge in [0.25, 0.3) is 0 Å². The van der Waals surface area contributed by atoms with Gasteiger partial charge in [-0.15, -0.1) is 11.3 Å².